The molecule has 0 amide bonds. The van der Waals surface area contributed by atoms with Crippen molar-refractivity contribution in [2.45, 2.75) is 19.8 Å². The number of hydrogen-bond acceptors (Lipinski definition) is 0. The molecule has 0 nitrogen and oxygen atoms in total. The molecule has 0 aromatic heterocycles. The number of halogens is 1. The highest BCUT2D eigenvalue weighted by Gasteiger charge is 1.96. The van der Waals surface area contributed by atoms with Crippen molar-refractivity contribution in [1.29, 1.82) is 0 Å². The van der Waals surface area contributed by atoms with Crippen molar-refractivity contribution < 1.29 is 4.39 Å². The minimum Gasteiger partial charge on any atom is -0.207 e. The minimum absolute atomic E-state index is 0.135. The molecule has 1 aromatic carbocycles. The predicted octanol–water partition coefficient (Wildman–Crippen LogP) is 2.58. The fourth-order valence-corrected chi connectivity index (χ4v) is 0.892. The third kappa shape index (κ3) is 1.56. The van der Waals surface area contributed by atoms with Crippen LogP contribution in [0.15, 0.2) is 18.2 Å². The van der Waals surface area contributed by atoms with Crippen molar-refractivity contribution in [3.05, 3.63) is 35.6 Å². The first-order valence-electron chi connectivity index (χ1n) is 3.49. The molecule has 0 saturated carbocycles. The zero-order valence-electron chi connectivity index (χ0n) is 6.02. The van der Waals surface area contributed by atoms with Gasteiger partial charge in [-0.05, 0) is 24.1 Å². The molecular weight excluding hydrogens is 127 g/mol. The molecule has 0 aliphatic rings. The van der Waals surface area contributed by atoms with Gasteiger partial charge in [0.15, 0.2) is 0 Å². The lowest BCUT2D eigenvalue weighted by Gasteiger charge is -1.97. The first-order valence-corrected chi connectivity index (χ1v) is 3.49. The maximum atomic E-state index is 12.7. The van der Waals surface area contributed by atoms with E-state index in [9.17, 15) is 4.39 Å². The molecule has 1 heteroatoms. The van der Waals surface area contributed by atoms with Crippen LogP contribution in [0.1, 0.15) is 18.9 Å². The minimum atomic E-state index is -0.135. The lowest BCUT2D eigenvalue weighted by Crippen LogP contribution is -1.87. The van der Waals surface area contributed by atoms with Crippen LogP contribution in [0, 0.1) is 11.9 Å². The fourth-order valence-electron chi connectivity index (χ4n) is 0.892. The monoisotopic (exact) mass is 137 g/mol. The topological polar surface area (TPSA) is 0 Å². The summed E-state index contributed by atoms with van der Waals surface area (Å²) in [5, 5.41) is 0. The third-order valence-electron chi connectivity index (χ3n) is 1.38. The van der Waals surface area contributed by atoms with Crippen molar-refractivity contribution in [1.82, 2.24) is 0 Å². The summed E-state index contributed by atoms with van der Waals surface area (Å²) < 4.78 is 12.7. The highest BCUT2D eigenvalue weighted by atomic mass is 19.1. The highest BCUT2D eigenvalue weighted by molar-refractivity contribution is 5.15. The van der Waals surface area contributed by atoms with E-state index in [1.807, 2.05) is 6.92 Å². The zero-order chi connectivity index (χ0) is 7.40. The number of hydrogen-bond donors (Lipinski definition) is 0. The van der Waals surface area contributed by atoms with Crippen molar-refractivity contribution in [2.24, 2.45) is 0 Å². The van der Waals surface area contributed by atoms with Crippen molar-refractivity contribution >= 4 is 0 Å². The molecule has 10 heavy (non-hydrogen) atoms. The van der Waals surface area contributed by atoms with E-state index in [0.29, 0.717) is 5.56 Å². The molecule has 1 rings (SSSR count). The molecule has 0 aliphatic heterocycles. The van der Waals surface area contributed by atoms with Crippen LogP contribution >= 0.6 is 0 Å². The quantitative estimate of drug-likeness (QED) is 0.587. The first kappa shape index (κ1) is 7.26. The van der Waals surface area contributed by atoms with Gasteiger partial charge in [0.2, 0.25) is 0 Å². The summed E-state index contributed by atoms with van der Waals surface area (Å²) in [6.07, 6.45) is 1.75. The van der Waals surface area contributed by atoms with Gasteiger partial charge < -0.3 is 0 Å². The summed E-state index contributed by atoms with van der Waals surface area (Å²) in [7, 11) is 0. The Hall–Kier alpha value is -0.850. The van der Waals surface area contributed by atoms with Gasteiger partial charge in [0.1, 0.15) is 5.82 Å². The van der Waals surface area contributed by atoms with Crippen LogP contribution in [-0.4, -0.2) is 0 Å². The second kappa shape index (κ2) is 3.35. The molecule has 0 aliphatic carbocycles. The normalized spacial score (nSPS) is 9.80. The average molecular weight is 137 g/mol. The zero-order valence-corrected chi connectivity index (χ0v) is 6.02. The smallest absolute Gasteiger partial charge is 0.127 e. The lowest BCUT2D eigenvalue weighted by atomic mass is 10.1. The van der Waals surface area contributed by atoms with Gasteiger partial charge in [0.25, 0.3) is 0 Å². The van der Waals surface area contributed by atoms with Gasteiger partial charge in [-0.1, -0.05) is 25.5 Å². The maximum Gasteiger partial charge on any atom is 0.127 e. The molecule has 0 spiro atoms. The molecule has 53 valence electrons. The molecule has 1 radical (unpaired) electrons. The molecule has 0 atom stereocenters. The Labute approximate surface area is 60.7 Å². The van der Waals surface area contributed by atoms with Crippen LogP contribution < -0.4 is 0 Å². The van der Waals surface area contributed by atoms with E-state index < -0.39 is 0 Å². The Bertz CT molecular complexity index is 206. The summed E-state index contributed by atoms with van der Waals surface area (Å²) in [6.45, 7) is 2.03. The average Bonchev–Trinajstić information content (AvgIpc) is 1.94. The number of aryl methyl sites for hydroxylation is 1. The molecule has 0 bridgehead atoms. The number of rotatable bonds is 2. The molecule has 0 fully saturated rings. The van der Waals surface area contributed by atoms with Crippen LogP contribution in [0.3, 0.4) is 0 Å². The highest BCUT2D eigenvalue weighted by Crippen LogP contribution is 2.06. The van der Waals surface area contributed by atoms with Gasteiger partial charge in [-0.25, -0.2) is 4.39 Å². The van der Waals surface area contributed by atoms with Gasteiger partial charge in [-0.15, -0.1) is 0 Å². The molecule has 0 unspecified atom stereocenters. The maximum absolute atomic E-state index is 12.7. The summed E-state index contributed by atoms with van der Waals surface area (Å²) in [5.74, 6) is -0.135. The van der Waals surface area contributed by atoms with Crippen LogP contribution in [0.4, 0.5) is 4.39 Å². The van der Waals surface area contributed by atoms with Crippen LogP contribution in [-0.2, 0) is 6.42 Å². The molecular formula is C9H10F. The third-order valence-corrected chi connectivity index (χ3v) is 1.38. The summed E-state index contributed by atoms with van der Waals surface area (Å²) >= 11 is 0. The largest absolute Gasteiger partial charge is 0.207 e. The van der Waals surface area contributed by atoms with Crippen LogP contribution in [0.5, 0.6) is 0 Å². The van der Waals surface area contributed by atoms with Crippen molar-refractivity contribution in [3.8, 4) is 0 Å². The van der Waals surface area contributed by atoms with Gasteiger partial charge in [-0.2, -0.15) is 0 Å². The van der Waals surface area contributed by atoms with Crippen molar-refractivity contribution in [3.63, 3.8) is 0 Å². The Balaban J connectivity index is 2.81. The van der Waals surface area contributed by atoms with E-state index in [0.717, 1.165) is 12.8 Å². The van der Waals surface area contributed by atoms with Crippen molar-refractivity contribution in [2.75, 3.05) is 0 Å². The lowest BCUT2D eigenvalue weighted by molar-refractivity contribution is 0.607. The summed E-state index contributed by atoms with van der Waals surface area (Å²) in [6, 6.07) is 7.74. The Morgan fingerprint density at radius 1 is 1.60 bits per heavy atom. The number of benzene rings is 1. The molecule has 0 saturated heterocycles. The van der Waals surface area contributed by atoms with E-state index in [1.165, 1.54) is 6.07 Å². The fraction of sp³-hybridized carbons (Fsp3) is 0.333. The van der Waals surface area contributed by atoms with Gasteiger partial charge in [0, 0.05) is 0 Å². The molecule has 0 N–H and O–H groups in total. The van der Waals surface area contributed by atoms with Gasteiger partial charge >= 0.3 is 0 Å². The second-order valence-corrected chi connectivity index (χ2v) is 2.25. The SMILES string of the molecule is CCCc1[c]cccc1F. The van der Waals surface area contributed by atoms with Crippen LogP contribution in [0.2, 0.25) is 0 Å². The summed E-state index contributed by atoms with van der Waals surface area (Å²) in [4.78, 5) is 0. The molecule has 0 heterocycles. The van der Waals surface area contributed by atoms with E-state index in [1.54, 1.807) is 12.1 Å². The second-order valence-electron chi connectivity index (χ2n) is 2.25. The van der Waals surface area contributed by atoms with Gasteiger partial charge in [0.05, 0.1) is 0 Å². The van der Waals surface area contributed by atoms with E-state index in [-0.39, 0.29) is 5.82 Å². The van der Waals surface area contributed by atoms with Gasteiger partial charge in [-0.3, -0.25) is 0 Å². The predicted molar refractivity (Wildman–Crippen MR) is 39.2 cm³/mol. The Kier molecular flexibility index (Phi) is 2.43. The summed E-state index contributed by atoms with van der Waals surface area (Å²) in [5.41, 5.74) is 0.699. The van der Waals surface area contributed by atoms with E-state index >= 15 is 0 Å². The van der Waals surface area contributed by atoms with Crippen LogP contribution in [0.25, 0.3) is 0 Å². The Morgan fingerprint density at radius 2 is 2.40 bits per heavy atom. The van der Waals surface area contributed by atoms with E-state index in [4.69, 9.17) is 0 Å². The standard InChI is InChI=1S/C9H10F/c1-2-5-8-6-3-4-7-9(8)10/h3-4,7H,2,5H2,1H3. The first-order chi connectivity index (χ1) is 4.84. The Morgan fingerprint density at radius 3 is 3.00 bits per heavy atom. The molecule has 1 aromatic rings. The van der Waals surface area contributed by atoms with E-state index in [2.05, 4.69) is 6.07 Å².